The van der Waals surface area contributed by atoms with Gasteiger partial charge in [-0.15, -0.1) is 0 Å². The van der Waals surface area contributed by atoms with Gasteiger partial charge in [0.15, 0.2) is 0 Å². The molecular formula is C14H19F2NO. The molecule has 1 saturated carbocycles. The molecule has 0 radical (unpaired) electrons. The zero-order chi connectivity index (χ0) is 13.0. The Kier molecular flexibility index (Phi) is 4.39. The molecule has 2 nitrogen and oxygen atoms in total. The minimum absolute atomic E-state index is 0.201. The number of hydrogen-bond donors (Lipinski definition) is 1. The third-order valence-corrected chi connectivity index (χ3v) is 3.39. The van der Waals surface area contributed by atoms with Crippen molar-refractivity contribution in [2.24, 2.45) is 5.92 Å². The van der Waals surface area contributed by atoms with Crippen LogP contribution in [0.2, 0.25) is 0 Å². The van der Waals surface area contributed by atoms with Crippen LogP contribution in [0.15, 0.2) is 24.3 Å². The fourth-order valence-electron chi connectivity index (χ4n) is 2.53. The summed E-state index contributed by atoms with van der Waals surface area (Å²) in [5, 5.41) is 3.45. The number of benzene rings is 1. The van der Waals surface area contributed by atoms with Crippen LogP contribution in [-0.2, 0) is 0 Å². The topological polar surface area (TPSA) is 21.3 Å². The summed E-state index contributed by atoms with van der Waals surface area (Å²) in [4.78, 5) is 0. The van der Waals surface area contributed by atoms with Crippen LogP contribution >= 0.6 is 0 Å². The number of hydrogen-bond acceptors (Lipinski definition) is 2. The zero-order valence-corrected chi connectivity index (χ0v) is 10.5. The summed E-state index contributed by atoms with van der Waals surface area (Å²) < 4.78 is 28.3. The molecule has 0 aliphatic heterocycles. The largest absolute Gasteiger partial charge is 0.435 e. The van der Waals surface area contributed by atoms with E-state index >= 15 is 0 Å². The predicted molar refractivity (Wildman–Crippen MR) is 68.1 cm³/mol. The number of anilines is 1. The van der Waals surface area contributed by atoms with Crippen LogP contribution in [0.1, 0.15) is 32.6 Å². The Balaban J connectivity index is 1.89. The second-order valence-electron chi connectivity index (χ2n) is 5.02. The highest BCUT2D eigenvalue weighted by molar-refractivity contribution is 5.47. The summed E-state index contributed by atoms with van der Waals surface area (Å²) >= 11 is 0. The molecule has 2 rings (SSSR count). The van der Waals surface area contributed by atoms with Crippen LogP contribution in [0.3, 0.4) is 0 Å². The van der Waals surface area contributed by atoms with Gasteiger partial charge in [0, 0.05) is 11.7 Å². The Morgan fingerprint density at radius 2 is 1.94 bits per heavy atom. The first kappa shape index (κ1) is 13.1. The van der Waals surface area contributed by atoms with Crippen molar-refractivity contribution in [1.82, 2.24) is 0 Å². The van der Waals surface area contributed by atoms with Gasteiger partial charge in [0.2, 0.25) is 0 Å². The normalized spacial score (nSPS) is 24.0. The fraction of sp³-hybridized carbons (Fsp3) is 0.571. The number of halogens is 2. The van der Waals surface area contributed by atoms with Crippen LogP contribution in [0.4, 0.5) is 14.5 Å². The van der Waals surface area contributed by atoms with E-state index in [1.165, 1.54) is 25.7 Å². The SMILES string of the molecule is CC1CCCC(Nc2ccc(OC(F)F)cc2)C1. The third-order valence-electron chi connectivity index (χ3n) is 3.39. The minimum Gasteiger partial charge on any atom is -0.435 e. The van der Waals surface area contributed by atoms with Crippen molar-refractivity contribution in [3.63, 3.8) is 0 Å². The molecule has 1 aromatic rings. The van der Waals surface area contributed by atoms with E-state index in [4.69, 9.17) is 0 Å². The highest BCUT2D eigenvalue weighted by Crippen LogP contribution is 2.27. The van der Waals surface area contributed by atoms with Crippen molar-refractivity contribution in [1.29, 1.82) is 0 Å². The van der Waals surface area contributed by atoms with Crippen molar-refractivity contribution >= 4 is 5.69 Å². The van der Waals surface area contributed by atoms with Crippen LogP contribution in [-0.4, -0.2) is 12.7 Å². The summed E-state index contributed by atoms with van der Waals surface area (Å²) in [6, 6.07) is 7.21. The maximum absolute atomic E-state index is 12.0. The molecule has 1 aliphatic rings. The van der Waals surface area contributed by atoms with Crippen molar-refractivity contribution < 1.29 is 13.5 Å². The Morgan fingerprint density at radius 3 is 2.56 bits per heavy atom. The molecule has 0 aromatic heterocycles. The molecule has 1 N–H and O–H groups in total. The minimum atomic E-state index is -2.76. The van der Waals surface area contributed by atoms with Crippen molar-refractivity contribution in [3.05, 3.63) is 24.3 Å². The molecule has 0 bridgehead atoms. The van der Waals surface area contributed by atoms with Gasteiger partial charge in [0.1, 0.15) is 5.75 Å². The lowest BCUT2D eigenvalue weighted by Gasteiger charge is -2.28. The number of rotatable bonds is 4. The first-order chi connectivity index (χ1) is 8.63. The van der Waals surface area contributed by atoms with E-state index in [9.17, 15) is 8.78 Å². The van der Waals surface area contributed by atoms with Crippen molar-refractivity contribution in [3.8, 4) is 5.75 Å². The summed E-state index contributed by atoms with van der Waals surface area (Å²) in [6.07, 6.45) is 4.92. The van der Waals surface area contributed by atoms with Gasteiger partial charge < -0.3 is 10.1 Å². The summed E-state index contributed by atoms with van der Waals surface area (Å²) in [6.45, 7) is -0.490. The van der Waals surface area contributed by atoms with Gasteiger partial charge >= 0.3 is 6.61 Å². The van der Waals surface area contributed by atoms with Gasteiger partial charge in [-0.3, -0.25) is 0 Å². The molecule has 2 atom stereocenters. The quantitative estimate of drug-likeness (QED) is 0.867. The summed E-state index contributed by atoms with van der Waals surface area (Å²) in [7, 11) is 0. The average molecular weight is 255 g/mol. The maximum atomic E-state index is 12.0. The van der Waals surface area contributed by atoms with E-state index in [1.807, 2.05) is 0 Å². The molecule has 0 heterocycles. The van der Waals surface area contributed by atoms with Gasteiger partial charge in [-0.2, -0.15) is 8.78 Å². The fourth-order valence-corrected chi connectivity index (χ4v) is 2.53. The molecule has 1 aliphatic carbocycles. The van der Waals surface area contributed by atoms with Crippen LogP contribution in [0.5, 0.6) is 5.75 Å². The zero-order valence-electron chi connectivity index (χ0n) is 10.5. The monoisotopic (exact) mass is 255 g/mol. The lowest BCUT2D eigenvalue weighted by Crippen LogP contribution is -2.26. The number of nitrogens with one attached hydrogen (secondary N) is 1. The highest BCUT2D eigenvalue weighted by atomic mass is 19.3. The molecule has 0 saturated heterocycles. The van der Waals surface area contributed by atoms with Crippen LogP contribution in [0, 0.1) is 5.92 Å². The molecule has 100 valence electrons. The van der Waals surface area contributed by atoms with E-state index in [0.29, 0.717) is 6.04 Å². The van der Waals surface area contributed by atoms with Gasteiger partial charge in [0.05, 0.1) is 0 Å². The predicted octanol–water partition coefficient (Wildman–Crippen LogP) is 4.28. The third kappa shape index (κ3) is 3.86. The standard InChI is InChI=1S/C14H19F2NO/c1-10-3-2-4-12(9-10)17-11-5-7-13(8-6-11)18-14(15)16/h5-8,10,12,14,17H,2-4,9H2,1H3. The smallest absolute Gasteiger partial charge is 0.387 e. The first-order valence-electron chi connectivity index (χ1n) is 6.45. The lowest BCUT2D eigenvalue weighted by atomic mass is 9.87. The van der Waals surface area contributed by atoms with Crippen LogP contribution in [0.25, 0.3) is 0 Å². The first-order valence-corrected chi connectivity index (χ1v) is 6.45. The van der Waals surface area contributed by atoms with Gasteiger partial charge in [-0.05, 0) is 43.0 Å². The molecule has 0 amide bonds. The second-order valence-corrected chi connectivity index (χ2v) is 5.02. The number of ether oxygens (including phenoxy) is 1. The molecule has 4 heteroatoms. The Morgan fingerprint density at radius 1 is 1.22 bits per heavy atom. The van der Waals surface area contributed by atoms with E-state index in [0.717, 1.165) is 11.6 Å². The lowest BCUT2D eigenvalue weighted by molar-refractivity contribution is -0.0498. The summed E-state index contributed by atoms with van der Waals surface area (Å²) in [5.74, 6) is 0.963. The van der Waals surface area contributed by atoms with Gasteiger partial charge in [-0.25, -0.2) is 0 Å². The van der Waals surface area contributed by atoms with Crippen molar-refractivity contribution in [2.75, 3.05) is 5.32 Å². The molecular weight excluding hydrogens is 236 g/mol. The van der Waals surface area contributed by atoms with E-state index in [-0.39, 0.29) is 5.75 Å². The average Bonchev–Trinajstić information content (AvgIpc) is 2.31. The van der Waals surface area contributed by atoms with E-state index < -0.39 is 6.61 Å². The van der Waals surface area contributed by atoms with E-state index in [2.05, 4.69) is 17.0 Å². The molecule has 1 fully saturated rings. The maximum Gasteiger partial charge on any atom is 0.387 e. The highest BCUT2D eigenvalue weighted by Gasteiger charge is 2.18. The van der Waals surface area contributed by atoms with Crippen molar-refractivity contribution in [2.45, 2.75) is 45.3 Å². The molecule has 18 heavy (non-hydrogen) atoms. The van der Waals surface area contributed by atoms with Gasteiger partial charge in [0.25, 0.3) is 0 Å². The van der Waals surface area contributed by atoms with Gasteiger partial charge in [-0.1, -0.05) is 19.8 Å². The van der Waals surface area contributed by atoms with E-state index in [1.54, 1.807) is 24.3 Å². The summed E-state index contributed by atoms with van der Waals surface area (Å²) in [5.41, 5.74) is 0.968. The number of alkyl halides is 2. The van der Waals surface area contributed by atoms with Crippen LogP contribution < -0.4 is 10.1 Å². The Bertz CT molecular complexity index is 367. The molecule has 2 unspecified atom stereocenters. The Hall–Kier alpha value is -1.32. The molecule has 1 aromatic carbocycles. The second kappa shape index (κ2) is 6.03. The molecule has 0 spiro atoms. The Labute approximate surface area is 106 Å².